The van der Waals surface area contributed by atoms with Gasteiger partial charge in [0.1, 0.15) is 0 Å². The molecule has 0 aliphatic carbocycles. The van der Waals surface area contributed by atoms with E-state index in [4.69, 9.17) is 6.42 Å². The van der Waals surface area contributed by atoms with E-state index in [2.05, 4.69) is 40.5 Å². The van der Waals surface area contributed by atoms with Gasteiger partial charge in [0.2, 0.25) is 0 Å². The number of benzene rings is 1. The van der Waals surface area contributed by atoms with E-state index >= 15 is 0 Å². The molecular formula is C15H16N2S. The zero-order valence-electron chi connectivity index (χ0n) is 10.2. The molecule has 0 bridgehead atoms. The van der Waals surface area contributed by atoms with Gasteiger partial charge in [0.15, 0.2) is 0 Å². The zero-order chi connectivity index (χ0) is 12.6. The molecule has 0 aliphatic heterocycles. The molecule has 0 aliphatic rings. The summed E-state index contributed by atoms with van der Waals surface area (Å²) in [6, 6.07) is 8.39. The first kappa shape index (κ1) is 12.9. The van der Waals surface area contributed by atoms with Gasteiger partial charge in [-0.2, -0.15) is 0 Å². The monoisotopic (exact) mass is 256 g/mol. The summed E-state index contributed by atoms with van der Waals surface area (Å²) in [5.74, 6) is 4.47. The third kappa shape index (κ3) is 3.49. The van der Waals surface area contributed by atoms with E-state index in [1.807, 2.05) is 12.4 Å². The van der Waals surface area contributed by atoms with Crippen molar-refractivity contribution in [2.24, 2.45) is 0 Å². The molecule has 2 rings (SSSR count). The largest absolute Gasteiger partial charge is 0.312 e. The van der Waals surface area contributed by atoms with Crippen LogP contribution in [0, 0.1) is 12.3 Å². The second-order valence-electron chi connectivity index (χ2n) is 3.95. The third-order valence-electron chi connectivity index (χ3n) is 2.70. The van der Waals surface area contributed by atoms with E-state index in [9.17, 15) is 0 Å². The minimum Gasteiger partial charge on any atom is -0.312 e. The lowest BCUT2D eigenvalue weighted by Crippen LogP contribution is -2.16. The lowest BCUT2D eigenvalue weighted by molar-refractivity contribution is 0.736. The first-order valence-electron chi connectivity index (χ1n) is 5.95. The van der Waals surface area contributed by atoms with Crippen molar-refractivity contribution in [2.75, 3.05) is 18.1 Å². The number of hydrogen-bond acceptors (Lipinski definition) is 3. The molecule has 2 nitrogen and oxygen atoms in total. The molecule has 1 heterocycles. The Morgan fingerprint density at radius 2 is 2.28 bits per heavy atom. The fraction of sp³-hybridized carbons (Fsp3) is 0.267. The van der Waals surface area contributed by atoms with Crippen molar-refractivity contribution in [1.29, 1.82) is 0 Å². The molecule has 0 radical (unpaired) electrons. The second kappa shape index (κ2) is 7.05. The molecule has 92 valence electrons. The normalized spacial score (nSPS) is 10.4. The molecule has 0 saturated carbocycles. The van der Waals surface area contributed by atoms with Gasteiger partial charge in [-0.1, -0.05) is 24.1 Å². The van der Waals surface area contributed by atoms with E-state index in [1.165, 1.54) is 16.3 Å². The average Bonchev–Trinajstić information content (AvgIpc) is 2.43. The lowest BCUT2D eigenvalue weighted by atomic mass is 10.1. The number of nitrogens with zero attached hydrogens (tertiary/aromatic N) is 1. The summed E-state index contributed by atoms with van der Waals surface area (Å²) in [5, 5.41) is 5.91. The Morgan fingerprint density at radius 3 is 3.17 bits per heavy atom. The van der Waals surface area contributed by atoms with Gasteiger partial charge in [-0.25, -0.2) is 0 Å². The summed E-state index contributed by atoms with van der Waals surface area (Å²) < 4.78 is 0. The number of pyridine rings is 1. The van der Waals surface area contributed by atoms with E-state index in [-0.39, 0.29) is 0 Å². The van der Waals surface area contributed by atoms with Gasteiger partial charge in [-0.15, -0.1) is 18.2 Å². The maximum Gasteiger partial charge on any atom is 0.0545 e. The maximum atomic E-state index is 5.20. The highest BCUT2D eigenvalue weighted by Gasteiger charge is 1.99. The Balaban J connectivity index is 1.90. The molecule has 18 heavy (non-hydrogen) atoms. The Hall–Kier alpha value is -1.50. The smallest absolute Gasteiger partial charge is 0.0545 e. The highest BCUT2D eigenvalue weighted by atomic mass is 32.2. The highest BCUT2D eigenvalue weighted by molar-refractivity contribution is 7.99. The Kier molecular flexibility index (Phi) is 5.07. The number of aromatic nitrogens is 1. The van der Waals surface area contributed by atoms with Crippen molar-refractivity contribution in [2.45, 2.75) is 6.54 Å². The summed E-state index contributed by atoms with van der Waals surface area (Å²) in [4.78, 5) is 4.14. The average molecular weight is 256 g/mol. The van der Waals surface area contributed by atoms with Crippen molar-refractivity contribution in [3.63, 3.8) is 0 Å². The van der Waals surface area contributed by atoms with Crippen molar-refractivity contribution in [3.8, 4) is 12.3 Å². The number of nitrogens with one attached hydrogen (secondary N) is 1. The summed E-state index contributed by atoms with van der Waals surface area (Å²) in [6.07, 6.45) is 8.95. The van der Waals surface area contributed by atoms with Gasteiger partial charge in [0.25, 0.3) is 0 Å². The highest BCUT2D eigenvalue weighted by Crippen LogP contribution is 2.16. The number of terminal acetylenes is 1. The molecule has 0 saturated heterocycles. The molecule has 0 fully saturated rings. The van der Waals surface area contributed by atoms with E-state index in [1.54, 1.807) is 11.8 Å². The predicted molar refractivity (Wildman–Crippen MR) is 79.6 cm³/mol. The van der Waals surface area contributed by atoms with Crippen LogP contribution in [-0.4, -0.2) is 23.0 Å². The second-order valence-corrected chi connectivity index (χ2v) is 5.05. The van der Waals surface area contributed by atoms with E-state index in [0.29, 0.717) is 0 Å². The van der Waals surface area contributed by atoms with Crippen LogP contribution in [0.25, 0.3) is 10.8 Å². The molecule has 0 amide bonds. The van der Waals surface area contributed by atoms with Crippen LogP contribution in [0.5, 0.6) is 0 Å². The van der Waals surface area contributed by atoms with E-state index < -0.39 is 0 Å². The minimum atomic E-state index is 0.793. The Bertz CT molecular complexity index is 540. The summed E-state index contributed by atoms with van der Waals surface area (Å²) >= 11 is 1.78. The zero-order valence-corrected chi connectivity index (χ0v) is 11.0. The van der Waals surface area contributed by atoms with Crippen molar-refractivity contribution >= 4 is 22.5 Å². The molecule has 2 aromatic rings. The number of hydrogen-bond donors (Lipinski definition) is 1. The number of rotatable bonds is 6. The van der Waals surface area contributed by atoms with Crippen LogP contribution in [0.3, 0.4) is 0 Å². The quantitative estimate of drug-likeness (QED) is 0.635. The summed E-state index contributed by atoms with van der Waals surface area (Å²) in [7, 11) is 0. The minimum absolute atomic E-state index is 0.793. The van der Waals surface area contributed by atoms with Gasteiger partial charge in [-0.05, 0) is 17.0 Å². The topological polar surface area (TPSA) is 24.9 Å². The SMILES string of the molecule is C#CCSCCNCc1cccc2cnccc12. The lowest BCUT2D eigenvalue weighted by Gasteiger charge is -2.07. The predicted octanol–water partition coefficient (Wildman–Crippen LogP) is 2.69. The third-order valence-corrected chi connectivity index (χ3v) is 3.56. The van der Waals surface area contributed by atoms with Gasteiger partial charge in [0.05, 0.1) is 5.75 Å². The van der Waals surface area contributed by atoms with Crippen molar-refractivity contribution < 1.29 is 0 Å². The fourth-order valence-corrected chi connectivity index (χ4v) is 2.39. The van der Waals surface area contributed by atoms with Crippen molar-refractivity contribution in [3.05, 3.63) is 42.2 Å². The fourth-order valence-electron chi connectivity index (χ4n) is 1.84. The molecular weight excluding hydrogens is 240 g/mol. The molecule has 0 atom stereocenters. The van der Waals surface area contributed by atoms with Crippen LogP contribution < -0.4 is 5.32 Å². The van der Waals surface area contributed by atoms with E-state index in [0.717, 1.165) is 24.6 Å². The number of thioether (sulfide) groups is 1. The Labute approximate surface area is 112 Å². The van der Waals surface area contributed by atoms with Crippen LogP contribution in [0.1, 0.15) is 5.56 Å². The first-order chi connectivity index (χ1) is 8.92. The molecule has 3 heteroatoms. The maximum absolute atomic E-state index is 5.20. The van der Waals surface area contributed by atoms with Crippen LogP contribution in [0.2, 0.25) is 0 Å². The van der Waals surface area contributed by atoms with Crippen LogP contribution in [0.4, 0.5) is 0 Å². The summed E-state index contributed by atoms with van der Waals surface area (Å²) in [5.41, 5.74) is 1.32. The molecule has 1 N–H and O–H groups in total. The molecule has 0 unspecified atom stereocenters. The molecule has 1 aromatic heterocycles. The standard InChI is InChI=1S/C15H16N2S/c1-2-9-18-10-8-17-12-14-5-3-4-13-11-16-7-6-15(13)14/h1,3-7,11,17H,8-10,12H2. The van der Waals surface area contributed by atoms with Gasteiger partial charge in [-0.3, -0.25) is 4.98 Å². The van der Waals surface area contributed by atoms with Crippen molar-refractivity contribution in [1.82, 2.24) is 10.3 Å². The Morgan fingerprint density at radius 1 is 1.33 bits per heavy atom. The summed E-state index contributed by atoms with van der Waals surface area (Å²) in [6.45, 7) is 1.87. The van der Waals surface area contributed by atoms with Gasteiger partial charge >= 0.3 is 0 Å². The number of fused-ring (bicyclic) bond motifs is 1. The molecule has 0 spiro atoms. The van der Waals surface area contributed by atoms with Crippen LogP contribution in [0.15, 0.2) is 36.7 Å². The van der Waals surface area contributed by atoms with Gasteiger partial charge in [0, 0.05) is 36.6 Å². The molecule has 1 aromatic carbocycles. The van der Waals surface area contributed by atoms with Crippen LogP contribution >= 0.6 is 11.8 Å². The van der Waals surface area contributed by atoms with Gasteiger partial charge < -0.3 is 5.32 Å². The van der Waals surface area contributed by atoms with Crippen LogP contribution in [-0.2, 0) is 6.54 Å². The first-order valence-corrected chi connectivity index (χ1v) is 7.11.